The third kappa shape index (κ3) is 4.32. The zero-order valence-corrected chi connectivity index (χ0v) is 15.4. The Labute approximate surface area is 149 Å². The second-order valence-electron chi connectivity index (χ2n) is 7.17. The van der Waals surface area contributed by atoms with Gasteiger partial charge in [-0.05, 0) is 25.3 Å². The number of amidine groups is 1. The summed E-state index contributed by atoms with van der Waals surface area (Å²) in [6.07, 6.45) is 6.96. The third-order valence-electron chi connectivity index (χ3n) is 5.27. The van der Waals surface area contributed by atoms with Crippen LogP contribution in [0.5, 0.6) is 0 Å². The van der Waals surface area contributed by atoms with Crippen molar-refractivity contribution in [1.29, 1.82) is 0 Å². The topological polar surface area (TPSA) is 59.5 Å². The zero-order chi connectivity index (χ0) is 17.8. The summed E-state index contributed by atoms with van der Waals surface area (Å²) in [5.74, 6) is 1.34. The Morgan fingerprint density at radius 2 is 1.80 bits per heavy atom. The van der Waals surface area contributed by atoms with E-state index in [1.54, 1.807) is 6.92 Å². The lowest BCUT2D eigenvalue weighted by molar-refractivity contribution is -0.138. The van der Waals surface area contributed by atoms with E-state index in [1.807, 2.05) is 27.9 Å². The van der Waals surface area contributed by atoms with Crippen LogP contribution < -0.4 is 0 Å². The molecule has 0 bridgehead atoms. The van der Waals surface area contributed by atoms with Crippen molar-refractivity contribution < 1.29 is 9.59 Å². The summed E-state index contributed by atoms with van der Waals surface area (Å²) < 4.78 is 0. The van der Waals surface area contributed by atoms with Gasteiger partial charge in [0.05, 0.1) is 12.5 Å². The van der Waals surface area contributed by atoms with Gasteiger partial charge in [0.15, 0.2) is 0 Å². The number of nitrogens with zero attached hydrogens (tertiary/aromatic N) is 5. The van der Waals surface area contributed by atoms with Gasteiger partial charge in [0.2, 0.25) is 11.8 Å². The molecule has 0 radical (unpaired) electrons. The van der Waals surface area contributed by atoms with Crippen molar-refractivity contribution in [2.75, 3.05) is 52.9 Å². The second kappa shape index (κ2) is 7.89. The molecule has 0 aromatic heterocycles. The van der Waals surface area contributed by atoms with Gasteiger partial charge < -0.3 is 14.7 Å². The van der Waals surface area contributed by atoms with Crippen LogP contribution in [0.2, 0.25) is 0 Å². The van der Waals surface area contributed by atoms with Crippen LogP contribution in [-0.2, 0) is 9.59 Å². The summed E-state index contributed by atoms with van der Waals surface area (Å²) in [6.45, 7) is 6.98. The molecule has 0 spiro atoms. The molecule has 2 fully saturated rings. The van der Waals surface area contributed by atoms with Crippen molar-refractivity contribution in [3.63, 3.8) is 0 Å². The predicted molar refractivity (Wildman–Crippen MR) is 97.0 cm³/mol. The molecule has 0 aromatic rings. The van der Waals surface area contributed by atoms with E-state index in [2.05, 4.69) is 16.1 Å². The molecule has 0 saturated carbocycles. The third-order valence-corrected chi connectivity index (χ3v) is 5.27. The Hall–Kier alpha value is -2.05. The Morgan fingerprint density at radius 1 is 1.08 bits per heavy atom. The van der Waals surface area contributed by atoms with Crippen LogP contribution in [0, 0.1) is 5.92 Å². The van der Waals surface area contributed by atoms with E-state index in [4.69, 9.17) is 0 Å². The van der Waals surface area contributed by atoms with Crippen molar-refractivity contribution in [2.45, 2.75) is 26.2 Å². The van der Waals surface area contributed by atoms with Crippen LogP contribution >= 0.6 is 0 Å². The van der Waals surface area contributed by atoms with Gasteiger partial charge in [-0.15, -0.1) is 0 Å². The number of hydrogen-bond acceptors (Lipinski definition) is 5. The number of hydrazone groups is 1. The molecule has 138 valence electrons. The molecular formula is C18H29N5O2. The standard InChI is InChI=1S/C18H29N5O2/c1-15(24)21-9-3-4-10-22(13-12-21)18(25)16-7-11-23(14-16)17-6-5-8-20(2)19-17/h5-6,16H,3-4,7-14H2,1-2H3. The number of rotatable bonds is 1. The smallest absolute Gasteiger partial charge is 0.227 e. The number of carbonyl (C=O) groups excluding carboxylic acids is 2. The largest absolute Gasteiger partial charge is 0.354 e. The van der Waals surface area contributed by atoms with E-state index in [0.717, 1.165) is 57.8 Å². The number of hydrogen-bond donors (Lipinski definition) is 0. The van der Waals surface area contributed by atoms with Crippen molar-refractivity contribution in [2.24, 2.45) is 11.0 Å². The minimum absolute atomic E-state index is 0.0357. The van der Waals surface area contributed by atoms with Crippen LogP contribution in [0.15, 0.2) is 17.3 Å². The highest BCUT2D eigenvalue weighted by atomic mass is 16.2. The lowest BCUT2D eigenvalue weighted by atomic mass is 10.1. The van der Waals surface area contributed by atoms with E-state index in [9.17, 15) is 9.59 Å². The first-order valence-corrected chi connectivity index (χ1v) is 9.30. The van der Waals surface area contributed by atoms with E-state index < -0.39 is 0 Å². The van der Waals surface area contributed by atoms with Gasteiger partial charge in [-0.1, -0.05) is 6.08 Å². The lowest BCUT2D eigenvalue weighted by Crippen LogP contribution is -2.45. The fourth-order valence-corrected chi connectivity index (χ4v) is 3.76. The summed E-state index contributed by atoms with van der Waals surface area (Å²) in [4.78, 5) is 30.6. The van der Waals surface area contributed by atoms with Crippen LogP contribution in [-0.4, -0.2) is 90.2 Å². The van der Waals surface area contributed by atoms with Gasteiger partial charge in [0, 0.05) is 53.2 Å². The summed E-state index contributed by atoms with van der Waals surface area (Å²) in [5, 5.41) is 6.46. The van der Waals surface area contributed by atoms with Gasteiger partial charge >= 0.3 is 0 Å². The van der Waals surface area contributed by atoms with E-state index in [1.165, 1.54) is 0 Å². The van der Waals surface area contributed by atoms with Crippen molar-refractivity contribution in [3.05, 3.63) is 12.2 Å². The Kier molecular flexibility index (Phi) is 5.60. The maximum Gasteiger partial charge on any atom is 0.227 e. The molecule has 1 atom stereocenters. The summed E-state index contributed by atoms with van der Waals surface area (Å²) in [6, 6.07) is 0. The van der Waals surface area contributed by atoms with Gasteiger partial charge in [0.25, 0.3) is 0 Å². The highest BCUT2D eigenvalue weighted by Crippen LogP contribution is 2.21. The van der Waals surface area contributed by atoms with Gasteiger partial charge in [0.1, 0.15) is 5.84 Å². The van der Waals surface area contributed by atoms with Crippen molar-refractivity contribution in [3.8, 4) is 0 Å². The molecule has 25 heavy (non-hydrogen) atoms. The Bertz CT molecular complexity index is 574. The molecule has 3 heterocycles. The molecular weight excluding hydrogens is 318 g/mol. The highest BCUT2D eigenvalue weighted by molar-refractivity contribution is 5.94. The first kappa shape index (κ1) is 17.8. The highest BCUT2D eigenvalue weighted by Gasteiger charge is 2.33. The van der Waals surface area contributed by atoms with Gasteiger partial charge in [-0.2, -0.15) is 5.10 Å². The molecule has 7 nitrogen and oxygen atoms in total. The fourth-order valence-electron chi connectivity index (χ4n) is 3.76. The number of likely N-dealkylation sites (tertiary alicyclic amines) is 1. The number of carbonyl (C=O) groups is 2. The van der Waals surface area contributed by atoms with E-state index >= 15 is 0 Å². The van der Waals surface area contributed by atoms with Crippen molar-refractivity contribution in [1.82, 2.24) is 19.7 Å². The van der Waals surface area contributed by atoms with E-state index in [0.29, 0.717) is 13.1 Å². The molecule has 7 heteroatoms. The zero-order valence-electron chi connectivity index (χ0n) is 15.4. The number of likely N-dealkylation sites (N-methyl/N-ethyl adjacent to an activating group) is 1. The molecule has 0 aromatic carbocycles. The first-order chi connectivity index (χ1) is 12.0. The normalized spacial score (nSPS) is 24.9. The summed E-state index contributed by atoms with van der Waals surface area (Å²) in [5.41, 5.74) is 0. The quantitative estimate of drug-likeness (QED) is 0.697. The van der Waals surface area contributed by atoms with Gasteiger partial charge in [-0.3, -0.25) is 14.6 Å². The van der Waals surface area contributed by atoms with Crippen LogP contribution in [0.1, 0.15) is 26.2 Å². The average molecular weight is 347 g/mol. The fraction of sp³-hybridized carbons (Fsp3) is 0.722. The molecule has 0 N–H and O–H groups in total. The number of amides is 2. The monoisotopic (exact) mass is 347 g/mol. The minimum atomic E-state index is 0.0357. The van der Waals surface area contributed by atoms with Crippen molar-refractivity contribution >= 4 is 17.6 Å². The van der Waals surface area contributed by atoms with Crippen LogP contribution in [0.25, 0.3) is 0 Å². The van der Waals surface area contributed by atoms with Gasteiger partial charge in [-0.25, -0.2) is 0 Å². The molecule has 2 amide bonds. The predicted octanol–water partition coefficient (Wildman–Crippen LogP) is 0.594. The lowest BCUT2D eigenvalue weighted by Gasteiger charge is -2.32. The molecule has 2 saturated heterocycles. The first-order valence-electron chi connectivity index (χ1n) is 9.30. The Balaban J connectivity index is 1.57. The summed E-state index contributed by atoms with van der Waals surface area (Å²) in [7, 11) is 1.96. The molecule has 3 aliphatic rings. The molecule has 0 aliphatic carbocycles. The maximum atomic E-state index is 13.0. The second-order valence-corrected chi connectivity index (χ2v) is 7.17. The minimum Gasteiger partial charge on any atom is -0.354 e. The Morgan fingerprint density at radius 3 is 2.52 bits per heavy atom. The maximum absolute atomic E-state index is 13.0. The molecule has 3 aliphatic heterocycles. The molecule has 3 rings (SSSR count). The average Bonchev–Trinajstić information content (AvgIpc) is 3.04. The summed E-state index contributed by atoms with van der Waals surface area (Å²) >= 11 is 0. The van der Waals surface area contributed by atoms with Crippen LogP contribution in [0.4, 0.5) is 0 Å². The molecule has 1 unspecified atom stereocenters. The van der Waals surface area contributed by atoms with E-state index in [-0.39, 0.29) is 17.7 Å². The SMILES string of the molecule is CC(=O)N1CCCCN(C(=O)C2CCN(C3=NN(C)CC=C3)C2)CC1. The van der Waals surface area contributed by atoms with Crippen LogP contribution in [0.3, 0.4) is 0 Å².